The quantitative estimate of drug-likeness (QED) is 0.743. The summed E-state index contributed by atoms with van der Waals surface area (Å²) >= 11 is 0. The lowest BCUT2D eigenvalue weighted by atomic mass is 10.2. The Morgan fingerprint density at radius 1 is 1.26 bits per heavy atom. The molecule has 3 N–H and O–H groups in total. The van der Waals surface area contributed by atoms with Crippen LogP contribution < -0.4 is 16.2 Å². The summed E-state index contributed by atoms with van der Waals surface area (Å²) in [5, 5.41) is 19.5. The molecule has 8 heteroatoms. The van der Waals surface area contributed by atoms with Crippen molar-refractivity contribution in [3.05, 3.63) is 58.0 Å². The van der Waals surface area contributed by atoms with E-state index in [9.17, 15) is 14.4 Å². The molecular formula is C15H13N5O3. The van der Waals surface area contributed by atoms with E-state index in [4.69, 9.17) is 5.26 Å². The molecule has 8 nitrogen and oxygen atoms in total. The topological polar surface area (TPSA) is 128 Å². The van der Waals surface area contributed by atoms with Crippen molar-refractivity contribution in [2.45, 2.75) is 13.0 Å². The zero-order valence-electron chi connectivity index (χ0n) is 12.0. The zero-order chi connectivity index (χ0) is 16.7. The van der Waals surface area contributed by atoms with E-state index in [-0.39, 0.29) is 24.6 Å². The second-order valence-corrected chi connectivity index (χ2v) is 4.57. The Kier molecular flexibility index (Phi) is 5.20. The summed E-state index contributed by atoms with van der Waals surface area (Å²) in [5.41, 5.74) is 0.979. The fraction of sp³-hybridized carbons (Fsp3) is 0.133. The molecule has 2 aromatic rings. The van der Waals surface area contributed by atoms with Gasteiger partial charge in [0.05, 0.1) is 6.07 Å². The molecular weight excluding hydrogens is 298 g/mol. The van der Waals surface area contributed by atoms with Crippen LogP contribution in [0, 0.1) is 11.3 Å². The molecule has 1 aromatic carbocycles. The molecule has 0 atom stereocenters. The lowest BCUT2D eigenvalue weighted by Crippen LogP contribution is -2.22. The van der Waals surface area contributed by atoms with Crippen LogP contribution in [-0.2, 0) is 11.3 Å². The van der Waals surface area contributed by atoms with Gasteiger partial charge >= 0.3 is 0 Å². The minimum atomic E-state index is -0.466. The van der Waals surface area contributed by atoms with Crippen LogP contribution in [0.5, 0.6) is 0 Å². The number of carbonyl (C=O) groups excluding carboxylic acids is 2. The summed E-state index contributed by atoms with van der Waals surface area (Å²) in [6, 6.07) is 11.2. The van der Waals surface area contributed by atoms with Crippen molar-refractivity contribution >= 4 is 17.5 Å². The number of rotatable bonds is 5. The summed E-state index contributed by atoms with van der Waals surface area (Å²) in [6.07, 6.45) is -0.200. The van der Waals surface area contributed by atoms with E-state index in [2.05, 4.69) is 20.8 Å². The maximum atomic E-state index is 12.0. The maximum Gasteiger partial charge on any atom is 0.276 e. The third-order valence-electron chi connectivity index (χ3n) is 2.83. The van der Waals surface area contributed by atoms with Gasteiger partial charge in [-0.1, -0.05) is 12.1 Å². The number of benzene rings is 1. The van der Waals surface area contributed by atoms with Crippen molar-refractivity contribution in [3.8, 4) is 6.07 Å². The average Bonchev–Trinajstić information content (AvgIpc) is 2.54. The molecule has 0 spiro atoms. The third-order valence-corrected chi connectivity index (χ3v) is 2.83. The van der Waals surface area contributed by atoms with Crippen LogP contribution >= 0.6 is 0 Å². The highest BCUT2D eigenvalue weighted by atomic mass is 16.2. The molecule has 0 radical (unpaired) electrons. The van der Waals surface area contributed by atoms with Crippen molar-refractivity contribution in [1.82, 2.24) is 15.5 Å². The second kappa shape index (κ2) is 7.51. The monoisotopic (exact) mass is 311 g/mol. The number of anilines is 1. The fourth-order valence-electron chi connectivity index (χ4n) is 1.76. The number of carbonyl (C=O) groups is 2. The number of H-pyrrole nitrogens is 1. The molecule has 0 fully saturated rings. The molecule has 1 heterocycles. The largest absolute Gasteiger partial charge is 0.351 e. The Morgan fingerprint density at radius 2 is 2.09 bits per heavy atom. The molecule has 116 valence electrons. The van der Waals surface area contributed by atoms with Gasteiger partial charge in [0, 0.05) is 18.3 Å². The van der Waals surface area contributed by atoms with Gasteiger partial charge in [0.25, 0.3) is 11.5 Å². The van der Waals surface area contributed by atoms with Crippen LogP contribution in [-0.4, -0.2) is 22.0 Å². The molecule has 0 bridgehead atoms. The highest BCUT2D eigenvalue weighted by Crippen LogP contribution is 2.11. The number of nitrogens with one attached hydrogen (secondary N) is 3. The standard InChI is InChI=1S/C15H13N5O3/c16-7-6-13(21)17-9-10-2-1-3-11(8-10)18-15(23)12-4-5-14(22)20-19-12/h1-5,8H,6,9H2,(H,17,21)(H,18,23)(H,20,22). The molecule has 2 rings (SSSR count). The van der Waals surface area contributed by atoms with E-state index < -0.39 is 11.5 Å². The number of aromatic amines is 1. The predicted molar refractivity (Wildman–Crippen MR) is 81.3 cm³/mol. The summed E-state index contributed by atoms with van der Waals surface area (Å²) < 4.78 is 0. The maximum absolute atomic E-state index is 12.0. The third kappa shape index (κ3) is 4.78. The molecule has 0 unspecified atom stereocenters. The van der Waals surface area contributed by atoms with Gasteiger partial charge in [0.2, 0.25) is 5.91 Å². The number of amides is 2. The van der Waals surface area contributed by atoms with E-state index in [1.165, 1.54) is 12.1 Å². The van der Waals surface area contributed by atoms with Crippen LogP contribution in [0.1, 0.15) is 22.5 Å². The molecule has 0 saturated heterocycles. The van der Waals surface area contributed by atoms with Gasteiger partial charge in [-0.2, -0.15) is 10.4 Å². The molecule has 2 amide bonds. The molecule has 23 heavy (non-hydrogen) atoms. The van der Waals surface area contributed by atoms with Gasteiger partial charge in [-0.3, -0.25) is 14.4 Å². The summed E-state index contributed by atoms with van der Waals surface area (Å²) in [4.78, 5) is 34.2. The Hall–Kier alpha value is -3.47. The number of hydrogen-bond acceptors (Lipinski definition) is 5. The Balaban J connectivity index is 2.01. The first-order chi connectivity index (χ1) is 11.1. The lowest BCUT2D eigenvalue weighted by molar-refractivity contribution is -0.120. The van der Waals surface area contributed by atoms with Gasteiger partial charge in [-0.05, 0) is 23.8 Å². The number of nitriles is 1. The molecule has 1 aromatic heterocycles. The van der Waals surface area contributed by atoms with Gasteiger partial charge in [-0.15, -0.1) is 0 Å². The van der Waals surface area contributed by atoms with E-state index in [0.717, 1.165) is 5.56 Å². The van der Waals surface area contributed by atoms with Crippen LogP contribution in [0.2, 0.25) is 0 Å². The van der Waals surface area contributed by atoms with Gasteiger partial charge in [0.1, 0.15) is 12.1 Å². The molecule has 0 aliphatic carbocycles. The Morgan fingerprint density at radius 3 is 2.78 bits per heavy atom. The molecule has 0 aliphatic heterocycles. The Bertz CT molecular complexity index is 802. The highest BCUT2D eigenvalue weighted by molar-refractivity contribution is 6.02. The minimum Gasteiger partial charge on any atom is -0.351 e. The minimum absolute atomic E-state index is 0.0809. The van der Waals surface area contributed by atoms with Crippen LogP contribution in [0.25, 0.3) is 0 Å². The molecule has 0 saturated carbocycles. The van der Waals surface area contributed by atoms with Gasteiger partial charge < -0.3 is 10.6 Å². The number of aromatic nitrogens is 2. The number of nitrogens with zero attached hydrogens (tertiary/aromatic N) is 2. The predicted octanol–water partition coefficient (Wildman–Crippen LogP) is 0.552. The van der Waals surface area contributed by atoms with Crippen molar-refractivity contribution < 1.29 is 9.59 Å². The second-order valence-electron chi connectivity index (χ2n) is 4.57. The van der Waals surface area contributed by atoms with E-state index in [1.807, 2.05) is 0 Å². The molecule has 0 aliphatic rings. The lowest BCUT2D eigenvalue weighted by Gasteiger charge is -2.07. The summed E-state index contributed by atoms with van der Waals surface area (Å²) in [5.74, 6) is -0.828. The van der Waals surface area contributed by atoms with E-state index in [0.29, 0.717) is 5.69 Å². The highest BCUT2D eigenvalue weighted by Gasteiger charge is 2.08. The first kappa shape index (κ1) is 15.9. The number of hydrogen-bond donors (Lipinski definition) is 3. The summed E-state index contributed by atoms with van der Waals surface area (Å²) in [6.45, 7) is 0.251. The van der Waals surface area contributed by atoms with Crippen LogP contribution in [0.4, 0.5) is 5.69 Å². The van der Waals surface area contributed by atoms with Crippen LogP contribution in [0.15, 0.2) is 41.2 Å². The van der Waals surface area contributed by atoms with E-state index >= 15 is 0 Å². The first-order valence-corrected chi connectivity index (χ1v) is 6.68. The Labute approximate surface area is 131 Å². The van der Waals surface area contributed by atoms with Crippen molar-refractivity contribution in [2.24, 2.45) is 0 Å². The van der Waals surface area contributed by atoms with E-state index in [1.54, 1.807) is 30.3 Å². The fourth-order valence-corrected chi connectivity index (χ4v) is 1.76. The SMILES string of the molecule is N#CCC(=O)NCc1cccc(NC(=O)c2ccc(=O)[nH]n2)c1. The smallest absolute Gasteiger partial charge is 0.276 e. The zero-order valence-corrected chi connectivity index (χ0v) is 12.0. The normalized spacial score (nSPS) is 9.70. The van der Waals surface area contributed by atoms with Crippen molar-refractivity contribution in [2.75, 3.05) is 5.32 Å². The summed E-state index contributed by atoms with van der Waals surface area (Å²) in [7, 11) is 0. The van der Waals surface area contributed by atoms with Gasteiger partial charge in [-0.25, -0.2) is 5.10 Å². The van der Waals surface area contributed by atoms with Gasteiger partial charge in [0.15, 0.2) is 0 Å². The van der Waals surface area contributed by atoms with Crippen molar-refractivity contribution in [3.63, 3.8) is 0 Å². The average molecular weight is 311 g/mol. The van der Waals surface area contributed by atoms with Crippen molar-refractivity contribution in [1.29, 1.82) is 5.26 Å². The van der Waals surface area contributed by atoms with Crippen LogP contribution in [0.3, 0.4) is 0 Å². The first-order valence-electron chi connectivity index (χ1n) is 6.68.